The molecule has 2 rings (SSSR count). The Labute approximate surface area is 121 Å². The third kappa shape index (κ3) is 4.01. The van der Waals surface area contributed by atoms with Crippen LogP contribution in [0.25, 0.3) is 0 Å². The molecular weight excluding hydrogens is 279 g/mol. The fraction of sp³-hybridized carbons (Fsp3) is 0.333. The quantitative estimate of drug-likeness (QED) is 0.940. The molecule has 0 spiro atoms. The smallest absolute Gasteiger partial charge is 0.310 e. The van der Waals surface area contributed by atoms with Gasteiger partial charge in [0.25, 0.3) is 0 Å². The topological polar surface area (TPSA) is 37.8 Å². The predicted molar refractivity (Wildman–Crippen MR) is 73.7 cm³/mol. The van der Waals surface area contributed by atoms with Crippen LogP contribution in [0.2, 0.25) is 0 Å². The van der Waals surface area contributed by atoms with Gasteiger partial charge in [-0.15, -0.1) is 0 Å². The van der Waals surface area contributed by atoms with Gasteiger partial charge in [0.1, 0.15) is 5.82 Å². The van der Waals surface area contributed by atoms with Gasteiger partial charge in [0.05, 0.1) is 11.6 Å². The first-order valence-electron chi connectivity index (χ1n) is 6.52. The monoisotopic (exact) mass is 295 g/mol. The lowest BCUT2D eigenvalue weighted by atomic mass is 10.0. The second-order valence-corrected chi connectivity index (χ2v) is 4.86. The second-order valence-electron chi connectivity index (χ2n) is 4.86. The summed E-state index contributed by atoms with van der Waals surface area (Å²) in [5, 5.41) is 3.04. The van der Waals surface area contributed by atoms with Gasteiger partial charge in [-0.1, -0.05) is 18.2 Å². The van der Waals surface area contributed by atoms with Crippen LogP contribution in [0.4, 0.5) is 13.2 Å². The minimum absolute atomic E-state index is 0.228. The van der Waals surface area contributed by atoms with Crippen molar-refractivity contribution in [3.8, 4) is 0 Å². The van der Waals surface area contributed by atoms with Gasteiger partial charge in [0.15, 0.2) is 0 Å². The third-order valence-corrected chi connectivity index (χ3v) is 3.16. The average molecular weight is 295 g/mol. The number of aromatic nitrogens is 2. The highest BCUT2D eigenvalue weighted by atomic mass is 19.4. The number of alkyl halides is 3. The Morgan fingerprint density at radius 1 is 1.19 bits per heavy atom. The SMILES string of the molecule is CNC(Cc1cccc(C(F)(F)F)c1)c1ncc(C)cn1. The molecule has 0 bridgehead atoms. The van der Waals surface area contributed by atoms with E-state index in [1.54, 1.807) is 25.5 Å². The fourth-order valence-corrected chi connectivity index (χ4v) is 2.02. The second kappa shape index (κ2) is 6.22. The Morgan fingerprint density at radius 3 is 2.43 bits per heavy atom. The van der Waals surface area contributed by atoms with Gasteiger partial charge in [-0.3, -0.25) is 0 Å². The normalized spacial score (nSPS) is 13.2. The molecule has 2 aromatic rings. The van der Waals surface area contributed by atoms with E-state index >= 15 is 0 Å². The van der Waals surface area contributed by atoms with Gasteiger partial charge in [-0.05, 0) is 37.6 Å². The van der Waals surface area contributed by atoms with Crippen molar-refractivity contribution in [3.63, 3.8) is 0 Å². The summed E-state index contributed by atoms with van der Waals surface area (Å²) in [6.07, 6.45) is -0.549. The molecule has 0 saturated carbocycles. The first kappa shape index (κ1) is 15.4. The van der Waals surface area contributed by atoms with E-state index in [4.69, 9.17) is 0 Å². The molecule has 1 atom stereocenters. The molecule has 1 heterocycles. The molecule has 1 N–H and O–H groups in total. The Balaban J connectivity index is 2.21. The standard InChI is InChI=1S/C15H16F3N3/c1-10-8-20-14(21-9-10)13(19-2)7-11-4-3-5-12(6-11)15(16,17)18/h3-6,8-9,13,19H,7H2,1-2H3. The predicted octanol–water partition coefficient (Wildman–Crippen LogP) is 3.31. The average Bonchev–Trinajstić information content (AvgIpc) is 2.45. The first-order valence-corrected chi connectivity index (χ1v) is 6.52. The highest BCUT2D eigenvalue weighted by molar-refractivity contribution is 5.27. The summed E-state index contributed by atoms with van der Waals surface area (Å²) in [7, 11) is 1.74. The number of hydrogen-bond donors (Lipinski definition) is 1. The molecule has 112 valence electrons. The van der Waals surface area contributed by atoms with Gasteiger partial charge < -0.3 is 5.32 Å². The summed E-state index contributed by atoms with van der Waals surface area (Å²) in [4.78, 5) is 8.44. The van der Waals surface area contributed by atoms with Gasteiger partial charge in [-0.2, -0.15) is 13.2 Å². The van der Waals surface area contributed by atoms with Crippen molar-refractivity contribution in [2.45, 2.75) is 25.6 Å². The van der Waals surface area contributed by atoms with Crippen molar-refractivity contribution in [3.05, 3.63) is 59.2 Å². The van der Waals surface area contributed by atoms with Gasteiger partial charge in [0.2, 0.25) is 0 Å². The molecule has 0 saturated heterocycles. The van der Waals surface area contributed by atoms with Crippen molar-refractivity contribution < 1.29 is 13.2 Å². The van der Waals surface area contributed by atoms with E-state index in [1.807, 2.05) is 6.92 Å². The van der Waals surface area contributed by atoms with Crippen LogP contribution in [-0.2, 0) is 12.6 Å². The molecule has 0 fully saturated rings. The van der Waals surface area contributed by atoms with Gasteiger partial charge in [0, 0.05) is 12.4 Å². The van der Waals surface area contributed by atoms with Crippen molar-refractivity contribution in [2.24, 2.45) is 0 Å². The van der Waals surface area contributed by atoms with Gasteiger partial charge >= 0.3 is 6.18 Å². The Morgan fingerprint density at radius 2 is 1.86 bits per heavy atom. The number of rotatable bonds is 4. The third-order valence-electron chi connectivity index (χ3n) is 3.16. The minimum Gasteiger partial charge on any atom is -0.310 e. The lowest BCUT2D eigenvalue weighted by molar-refractivity contribution is -0.137. The summed E-state index contributed by atoms with van der Waals surface area (Å²) >= 11 is 0. The number of likely N-dealkylation sites (N-methyl/N-ethyl adjacent to an activating group) is 1. The molecule has 1 unspecified atom stereocenters. The van der Waals surface area contributed by atoms with Crippen molar-refractivity contribution in [1.82, 2.24) is 15.3 Å². The van der Waals surface area contributed by atoms with E-state index < -0.39 is 11.7 Å². The van der Waals surface area contributed by atoms with Crippen LogP contribution in [0, 0.1) is 6.92 Å². The largest absolute Gasteiger partial charge is 0.416 e. The highest BCUT2D eigenvalue weighted by Crippen LogP contribution is 2.30. The number of hydrogen-bond acceptors (Lipinski definition) is 3. The van der Waals surface area contributed by atoms with Crippen molar-refractivity contribution in [1.29, 1.82) is 0 Å². The summed E-state index contributed by atoms with van der Waals surface area (Å²) in [5.41, 5.74) is 0.890. The molecule has 21 heavy (non-hydrogen) atoms. The zero-order valence-electron chi connectivity index (χ0n) is 11.8. The number of benzene rings is 1. The molecular formula is C15H16F3N3. The maximum Gasteiger partial charge on any atom is 0.416 e. The molecule has 0 radical (unpaired) electrons. The van der Waals surface area contributed by atoms with E-state index in [0.29, 0.717) is 17.8 Å². The zero-order valence-corrected chi connectivity index (χ0v) is 11.8. The van der Waals surface area contributed by atoms with E-state index in [0.717, 1.165) is 11.6 Å². The Kier molecular flexibility index (Phi) is 4.57. The summed E-state index contributed by atoms with van der Waals surface area (Å²) in [5.74, 6) is 0.570. The van der Waals surface area contributed by atoms with Crippen LogP contribution in [-0.4, -0.2) is 17.0 Å². The van der Waals surface area contributed by atoms with Crippen LogP contribution in [0.3, 0.4) is 0 Å². The number of nitrogens with one attached hydrogen (secondary N) is 1. The fourth-order valence-electron chi connectivity index (χ4n) is 2.02. The molecule has 0 amide bonds. The summed E-state index contributed by atoms with van der Waals surface area (Å²) in [6.45, 7) is 1.88. The maximum absolute atomic E-state index is 12.7. The number of aryl methyl sites for hydroxylation is 1. The number of nitrogens with zero attached hydrogens (tertiary/aromatic N) is 2. The van der Waals surface area contributed by atoms with E-state index in [1.165, 1.54) is 12.1 Å². The van der Waals surface area contributed by atoms with Crippen LogP contribution >= 0.6 is 0 Å². The lowest BCUT2D eigenvalue weighted by Crippen LogP contribution is -2.21. The van der Waals surface area contributed by atoms with Crippen molar-refractivity contribution >= 4 is 0 Å². The Bertz CT molecular complexity index is 594. The zero-order chi connectivity index (χ0) is 15.5. The van der Waals surface area contributed by atoms with Gasteiger partial charge in [-0.25, -0.2) is 9.97 Å². The van der Waals surface area contributed by atoms with Crippen LogP contribution < -0.4 is 5.32 Å². The maximum atomic E-state index is 12.7. The molecule has 0 aliphatic heterocycles. The summed E-state index contributed by atoms with van der Waals surface area (Å²) in [6, 6.07) is 5.10. The molecule has 0 aliphatic carbocycles. The van der Waals surface area contributed by atoms with Crippen LogP contribution in [0.5, 0.6) is 0 Å². The van der Waals surface area contributed by atoms with Crippen molar-refractivity contribution in [2.75, 3.05) is 7.05 Å². The van der Waals surface area contributed by atoms with E-state index in [2.05, 4.69) is 15.3 Å². The van der Waals surface area contributed by atoms with E-state index in [-0.39, 0.29) is 6.04 Å². The number of halogens is 3. The molecule has 1 aromatic heterocycles. The molecule has 1 aromatic carbocycles. The summed E-state index contributed by atoms with van der Waals surface area (Å²) < 4.78 is 38.1. The molecule has 0 aliphatic rings. The molecule has 3 nitrogen and oxygen atoms in total. The highest BCUT2D eigenvalue weighted by Gasteiger charge is 2.30. The van der Waals surface area contributed by atoms with Crippen LogP contribution in [0.1, 0.15) is 28.6 Å². The minimum atomic E-state index is -4.33. The molecule has 6 heteroatoms. The first-order chi connectivity index (χ1) is 9.90. The van der Waals surface area contributed by atoms with Crippen LogP contribution in [0.15, 0.2) is 36.7 Å². The Hall–Kier alpha value is -1.95. The lowest BCUT2D eigenvalue weighted by Gasteiger charge is -2.16. The van der Waals surface area contributed by atoms with E-state index in [9.17, 15) is 13.2 Å².